The number of rotatable bonds is 12. The van der Waals surface area contributed by atoms with Crippen LogP contribution < -0.4 is 20.5 Å². The lowest BCUT2D eigenvalue weighted by Gasteiger charge is -2.21. The molecule has 1 aromatic carbocycles. The third-order valence-corrected chi connectivity index (χ3v) is 6.73. The van der Waals surface area contributed by atoms with Crippen LogP contribution in [0.4, 0.5) is 11.6 Å². The van der Waals surface area contributed by atoms with Gasteiger partial charge in [-0.05, 0) is 51.3 Å². The molecule has 4 N–H and O–H groups in total. The van der Waals surface area contributed by atoms with E-state index in [2.05, 4.69) is 26.3 Å². The quantitative estimate of drug-likeness (QED) is 0.215. The number of aromatic nitrogens is 4. The standard InChI is InChI=1S/C29H38N8O3/c1-20(15-32-19-31)40-26-13-21(9-10-22(26)14-30)23-16-33-28(34-17-23)35-25-18-37(24-7-5-4-6-8-24)36-27(25)39-12-11-29(2,3)38/h9-10,13,16-20,24,38H,4-8,11-12,15H2,1-3H3,(H2,31,32)(H,33,34,35)/t20-/m0/s1. The Morgan fingerprint density at radius 1 is 1.25 bits per heavy atom. The van der Waals surface area contributed by atoms with Crippen LogP contribution in [0.3, 0.4) is 0 Å². The van der Waals surface area contributed by atoms with Gasteiger partial charge in [-0.25, -0.2) is 9.97 Å². The molecule has 2 heterocycles. The van der Waals surface area contributed by atoms with Crippen molar-refractivity contribution in [3.63, 3.8) is 0 Å². The van der Waals surface area contributed by atoms with Crippen LogP contribution in [0.2, 0.25) is 0 Å². The van der Waals surface area contributed by atoms with Crippen molar-refractivity contribution in [2.24, 2.45) is 10.7 Å². The minimum atomic E-state index is -0.828. The molecule has 0 unspecified atom stereocenters. The summed E-state index contributed by atoms with van der Waals surface area (Å²) < 4.78 is 13.9. The first-order valence-electron chi connectivity index (χ1n) is 13.7. The minimum Gasteiger partial charge on any atom is -0.487 e. The first-order chi connectivity index (χ1) is 19.3. The van der Waals surface area contributed by atoms with Crippen LogP contribution >= 0.6 is 0 Å². The highest BCUT2D eigenvalue weighted by atomic mass is 16.5. The van der Waals surface area contributed by atoms with Crippen molar-refractivity contribution in [3.8, 4) is 28.8 Å². The molecule has 4 rings (SSSR count). The predicted molar refractivity (Wildman–Crippen MR) is 154 cm³/mol. The molecule has 0 saturated heterocycles. The van der Waals surface area contributed by atoms with E-state index in [-0.39, 0.29) is 6.10 Å². The van der Waals surface area contributed by atoms with E-state index < -0.39 is 5.60 Å². The molecule has 0 radical (unpaired) electrons. The second kappa shape index (κ2) is 13.3. The van der Waals surface area contributed by atoms with Gasteiger partial charge in [0.1, 0.15) is 23.6 Å². The number of aliphatic imine (C=N–C) groups is 1. The molecule has 1 aliphatic carbocycles. The van der Waals surface area contributed by atoms with Crippen molar-refractivity contribution < 1.29 is 14.6 Å². The average Bonchev–Trinajstić information content (AvgIpc) is 3.34. The van der Waals surface area contributed by atoms with E-state index in [4.69, 9.17) is 20.3 Å². The molecule has 1 atom stereocenters. The summed E-state index contributed by atoms with van der Waals surface area (Å²) in [5.41, 5.74) is 7.19. The second-order valence-electron chi connectivity index (χ2n) is 10.7. The molecule has 0 spiro atoms. The minimum absolute atomic E-state index is 0.251. The maximum Gasteiger partial charge on any atom is 0.256 e. The first kappa shape index (κ1) is 28.8. The first-order valence-corrected chi connectivity index (χ1v) is 13.7. The zero-order chi connectivity index (χ0) is 28.5. The average molecular weight is 547 g/mol. The Morgan fingerprint density at radius 3 is 2.67 bits per heavy atom. The van der Waals surface area contributed by atoms with E-state index in [1.807, 2.05) is 23.9 Å². The smallest absolute Gasteiger partial charge is 0.256 e. The third-order valence-electron chi connectivity index (χ3n) is 6.73. The van der Waals surface area contributed by atoms with E-state index in [1.165, 1.54) is 25.6 Å². The number of ether oxygens (including phenoxy) is 2. The Hall–Kier alpha value is -4.17. The van der Waals surface area contributed by atoms with Gasteiger partial charge in [-0.2, -0.15) is 5.26 Å². The maximum absolute atomic E-state index is 10.1. The molecule has 0 amide bonds. The van der Waals surface area contributed by atoms with Crippen LogP contribution in [0.5, 0.6) is 11.6 Å². The van der Waals surface area contributed by atoms with Crippen molar-refractivity contribution in [2.75, 3.05) is 18.5 Å². The molecule has 2 aromatic heterocycles. The van der Waals surface area contributed by atoms with Gasteiger partial charge in [-0.15, -0.1) is 5.10 Å². The highest BCUT2D eigenvalue weighted by molar-refractivity contribution is 5.67. The number of nitriles is 1. The SMILES string of the molecule is C[C@@H](CN=CN)Oc1cc(-c2cnc(Nc3cn(C4CCCCC4)nc3OCCC(C)(C)O)nc2)ccc1C#N. The Kier molecular flexibility index (Phi) is 9.56. The van der Waals surface area contributed by atoms with E-state index in [0.717, 1.165) is 24.0 Å². The topological polar surface area (TPSA) is 156 Å². The van der Waals surface area contributed by atoms with Crippen molar-refractivity contribution in [2.45, 2.75) is 77.0 Å². The summed E-state index contributed by atoms with van der Waals surface area (Å²) in [7, 11) is 0. The molecular weight excluding hydrogens is 508 g/mol. The van der Waals surface area contributed by atoms with Crippen LogP contribution in [0.25, 0.3) is 11.1 Å². The summed E-state index contributed by atoms with van der Waals surface area (Å²) in [5.74, 6) is 1.33. The largest absolute Gasteiger partial charge is 0.487 e. The molecule has 3 aromatic rings. The molecule has 11 nitrogen and oxygen atoms in total. The van der Waals surface area contributed by atoms with Crippen LogP contribution in [-0.4, -0.2) is 56.1 Å². The van der Waals surface area contributed by atoms with E-state index in [9.17, 15) is 10.4 Å². The number of aliphatic hydroxyl groups is 1. The summed E-state index contributed by atoms with van der Waals surface area (Å²) in [4.78, 5) is 13.0. The van der Waals surface area contributed by atoms with E-state index >= 15 is 0 Å². The van der Waals surface area contributed by atoms with Crippen molar-refractivity contribution >= 4 is 18.0 Å². The molecule has 11 heteroatoms. The lowest BCUT2D eigenvalue weighted by atomic mass is 9.96. The van der Waals surface area contributed by atoms with Crippen LogP contribution in [-0.2, 0) is 0 Å². The number of anilines is 2. The number of nitrogens with two attached hydrogens (primary N) is 1. The van der Waals surface area contributed by atoms with Gasteiger partial charge in [0.2, 0.25) is 5.95 Å². The number of hydrogen-bond donors (Lipinski definition) is 3. The Morgan fingerprint density at radius 2 is 2.00 bits per heavy atom. The van der Waals surface area contributed by atoms with Gasteiger partial charge in [0.05, 0.1) is 42.9 Å². The number of hydrogen-bond acceptors (Lipinski definition) is 9. The van der Waals surface area contributed by atoms with Gasteiger partial charge < -0.3 is 25.6 Å². The fourth-order valence-corrected chi connectivity index (χ4v) is 4.51. The molecule has 40 heavy (non-hydrogen) atoms. The zero-order valence-corrected chi connectivity index (χ0v) is 23.4. The van der Waals surface area contributed by atoms with E-state index in [0.29, 0.717) is 54.4 Å². The van der Waals surface area contributed by atoms with Gasteiger partial charge in [0, 0.05) is 24.4 Å². The van der Waals surface area contributed by atoms with Gasteiger partial charge >= 0.3 is 0 Å². The van der Waals surface area contributed by atoms with Gasteiger partial charge in [0.15, 0.2) is 0 Å². The zero-order valence-electron chi connectivity index (χ0n) is 23.4. The van der Waals surface area contributed by atoms with Crippen molar-refractivity contribution in [1.29, 1.82) is 5.26 Å². The summed E-state index contributed by atoms with van der Waals surface area (Å²) in [6, 6.07) is 7.85. The highest BCUT2D eigenvalue weighted by Crippen LogP contribution is 2.33. The molecule has 1 aliphatic rings. The van der Waals surface area contributed by atoms with Crippen molar-refractivity contribution in [1.82, 2.24) is 19.7 Å². The van der Waals surface area contributed by atoms with Gasteiger partial charge in [-0.3, -0.25) is 9.67 Å². The molecule has 1 fully saturated rings. The molecule has 0 aliphatic heterocycles. The Balaban J connectivity index is 1.51. The fraction of sp³-hybridized carbons (Fsp3) is 0.483. The number of benzene rings is 1. The normalized spacial score (nSPS) is 15.1. The van der Waals surface area contributed by atoms with Crippen molar-refractivity contribution in [3.05, 3.63) is 42.4 Å². The third kappa shape index (κ3) is 7.93. The second-order valence-corrected chi connectivity index (χ2v) is 10.7. The maximum atomic E-state index is 10.1. The lowest BCUT2D eigenvalue weighted by Crippen LogP contribution is -2.22. The molecule has 1 saturated carbocycles. The molecule has 212 valence electrons. The van der Waals surface area contributed by atoms with Crippen LogP contribution in [0, 0.1) is 11.3 Å². The van der Waals surface area contributed by atoms with Crippen LogP contribution in [0.1, 0.15) is 70.9 Å². The van der Waals surface area contributed by atoms with E-state index in [1.54, 1.807) is 38.4 Å². The summed E-state index contributed by atoms with van der Waals surface area (Å²) >= 11 is 0. The summed E-state index contributed by atoms with van der Waals surface area (Å²) in [6.45, 7) is 6.09. The fourth-order valence-electron chi connectivity index (χ4n) is 4.51. The highest BCUT2D eigenvalue weighted by Gasteiger charge is 2.21. The monoisotopic (exact) mass is 546 g/mol. The summed E-state index contributed by atoms with van der Waals surface area (Å²) in [6.07, 6.45) is 12.6. The number of nitrogens with one attached hydrogen (secondary N) is 1. The van der Waals surface area contributed by atoms with Gasteiger partial charge in [0.25, 0.3) is 5.88 Å². The Bertz CT molecular complexity index is 1320. The van der Waals surface area contributed by atoms with Crippen LogP contribution in [0.15, 0.2) is 41.8 Å². The Labute approximate surface area is 235 Å². The summed E-state index contributed by atoms with van der Waals surface area (Å²) in [5, 5.41) is 27.6. The lowest BCUT2D eigenvalue weighted by molar-refractivity contribution is 0.0546. The number of nitrogens with zero attached hydrogens (tertiary/aromatic N) is 6. The predicted octanol–water partition coefficient (Wildman–Crippen LogP) is 4.75. The molecular formula is C29H38N8O3. The molecule has 0 bridgehead atoms. The van der Waals surface area contributed by atoms with Gasteiger partial charge in [-0.1, -0.05) is 25.3 Å².